The molecule has 3 nitrogen and oxygen atoms in total. The van der Waals surface area contributed by atoms with Gasteiger partial charge in [-0.2, -0.15) is 0 Å². The molecule has 0 aliphatic rings. The zero-order valence-corrected chi connectivity index (χ0v) is 10.3. The summed E-state index contributed by atoms with van der Waals surface area (Å²) in [6, 6.07) is 0. The van der Waals surface area contributed by atoms with Gasteiger partial charge in [-0.3, -0.25) is 4.98 Å². The maximum absolute atomic E-state index is 12.5. The third kappa shape index (κ3) is 2.54. The topological polar surface area (TPSA) is 39.2 Å². The summed E-state index contributed by atoms with van der Waals surface area (Å²) in [5.41, 5.74) is -1.03. The monoisotopic (exact) mass is 347 g/mol. The molecule has 0 fully saturated rings. The summed E-state index contributed by atoms with van der Waals surface area (Å²) >= 11 is 7.53. The lowest BCUT2D eigenvalue weighted by molar-refractivity contribution is 0.0587. The van der Waals surface area contributed by atoms with Crippen molar-refractivity contribution < 1.29 is 18.3 Å². The minimum absolute atomic E-state index is 0.0623. The molecule has 0 aliphatic heterocycles. The first-order valence-corrected chi connectivity index (χ1v) is 5.15. The largest absolute Gasteiger partial charge is 0.465 e. The SMILES string of the molecule is COC(=O)c1c(C(F)F)ncc(I)c1Cl. The lowest BCUT2D eigenvalue weighted by Gasteiger charge is -2.08. The van der Waals surface area contributed by atoms with Crippen molar-refractivity contribution in [3.8, 4) is 0 Å². The molecule has 0 aromatic carbocycles. The summed E-state index contributed by atoms with van der Waals surface area (Å²) < 4.78 is 29.8. The van der Waals surface area contributed by atoms with Gasteiger partial charge in [0.25, 0.3) is 6.43 Å². The van der Waals surface area contributed by atoms with E-state index in [9.17, 15) is 13.6 Å². The minimum Gasteiger partial charge on any atom is -0.465 e. The van der Waals surface area contributed by atoms with Gasteiger partial charge < -0.3 is 4.74 Å². The Morgan fingerprint density at radius 3 is 2.73 bits per heavy atom. The number of halogens is 4. The Labute approximate surface area is 103 Å². The number of aromatic nitrogens is 1. The van der Waals surface area contributed by atoms with Gasteiger partial charge in [-0.25, -0.2) is 13.6 Å². The second-order valence-electron chi connectivity index (χ2n) is 2.47. The first-order chi connectivity index (χ1) is 6.99. The molecular weight excluding hydrogens is 342 g/mol. The van der Waals surface area contributed by atoms with Crippen LogP contribution in [0.4, 0.5) is 8.78 Å². The molecule has 7 heteroatoms. The molecule has 82 valence electrons. The van der Waals surface area contributed by atoms with Crippen LogP contribution in [-0.2, 0) is 4.74 Å². The van der Waals surface area contributed by atoms with Crippen molar-refractivity contribution in [1.82, 2.24) is 4.98 Å². The molecule has 1 aromatic rings. The average molecular weight is 347 g/mol. The number of esters is 1. The molecule has 0 N–H and O–H groups in total. The molecule has 0 saturated carbocycles. The van der Waals surface area contributed by atoms with Gasteiger partial charge in [0.2, 0.25) is 0 Å². The number of nitrogens with zero attached hydrogens (tertiary/aromatic N) is 1. The zero-order valence-electron chi connectivity index (χ0n) is 7.43. The van der Waals surface area contributed by atoms with E-state index in [1.807, 2.05) is 0 Å². The quantitative estimate of drug-likeness (QED) is 0.610. The van der Waals surface area contributed by atoms with Crippen LogP contribution < -0.4 is 0 Å². The third-order valence-corrected chi connectivity index (χ3v) is 3.13. The number of hydrogen-bond donors (Lipinski definition) is 0. The van der Waals surface area contributed by atoms with Gasteiger partial charge in [0.05, 0.1) is 15.7 Å². The van der Waals surface area contributed by atoms with Gasteiger partial charge in [0, 0.05) is 6.20 Å². The highest BCUT2D eigenvalue weighted by Gasteiger charge is 2.25. The number of methoxy groups -OCH3 is 1. The predicted octanol–water partition coefficient (Wildman–Crippen LogP) is 3.06. The summed E-state index contributed by atoms with van der Waals surface area (Å²) in [6.45, 7) is 0. The number of hydrogen-bond acceptors (Lipinski definition) is 3. The van der Waals surface area contributed by atoms with Crippen molar-refractivity contribution in [2.45, 2.75) is 6.43 Å². The Bertz CT molecular complexity index is 400. The first kappa shape index (κ1) is 12.6. The van der Waals surface area contributed by atoms with Crippen LogP contribution >= 0.6 is 34.2 Å². The van der Waals surface area contributed by atoms with E-state index in [0.29, 0.717) is 3.57 Å². The van der Waals surface area contributed by atoms with Gasteiger partial charge in [-0.15, -0.1) is 0 Å². The number of alkyl halides is 2. The number of carbonyl (C=O) groups is 1. The van der Waals surface area contributed by atoms with E-state index < -0.39 is 18.1 Å². The lowest BCUT2D eigenvalue weighted by atomic mass is 10.2. The van der Waals surface area contributed by atoms with Crippen molar-refractivity contribution in [1.29, 1.82) is 0 Å². The van der Waals surface area contributed by atoms with Crippen LogP contribution in [0.5, 0.6) is 0 Å². The van der Waals surface area contributed by atoms with E-state index in [4.69, 9.17) is 11.6 Å². The molecule has 0 saturated heterocycles. The molecule has 0 spiro atoms. The third-order valence-electron chi connectivity index (χ3n) is 1.60. The molecule has 0 amide bonds. The van der Waals surface area contributed by atoms with Crippen LogP contribution in [0.1, 0.15) is 22.5 Å². The van der Waals surface area contributed by atoms with Crippen LogP contribution in [0.3, 0.4) is 0 Å². The zero-order chi connectivity index (χ0) is 11.6. The first-order valence-electron chi connectivity index (χ1n) is 3.69. The maximum atomic E-state index is 12.5. The van der Waals surface area contributed by atoms with Crippen LogP contribution in [-0.4, -0.2) is 18.1 Å². The molecule has 15 heavy (non-hydrogen) atoms. The van der Waals surface area contributed by atoms with Gasteiger partial charge in [0.1, 0.15) is 11.3 Å². The Balaban J connectivity index is 3.41. The molecule has 0 bridgehead atoms. The summed E-state index contributed by atoms with van der Waals surface area (Å²) in [7, 11) is 1.09. The van der Waals surface area contributed by atoms with E-state index >= 15 is 0 Å². The maximum Gasteiger partial charge on any atom is 0.341 e. The summed E-state index contributed by atoms with van der Waals surface area (Å²) in [5, 5.41) is -0.0623. The lowest BCUT2D eigenvalue weighted by Crippen LogP contribution is -2.10. The van der Waals surface area contributed by atoms with Gasteiger partial charge in [-0.1, -0.05) is 11.6 Å². The fraction of sp³-hybridized carbons (Fsp3) is 0.250. The highest BCUT2D eigenvalue weighted by atomic mass is 127. The number of ether oxygens (including phenoxy) is 1. The Morgan fingerprint density at radius 1 is 1.67 bits per heavy atom. The van der Waals surface area contributed by atoms with Crippen LogP contribution in [0, 0.1) is 3.57 Å². The normalized spacial score (nSPS) is 10.5. The second-order valence-corrected chi connectivity index (χ2v) is 4.01. The Hall–Kier alpha value is -0.500. The van der Waals surface area contributed by atoms with Crippen molar-refractivity contribution in [2.24, 2.45) is 0 Å². The summed E-state index contributed by atoms with van der Waals surface area (Å²) in [5.74, 6) is -0.915. The van der Waals surface area contributed by atoms with Crippen LogP contribution in [0.25, 0.3) is 0 Å². The fourth-order valence-electron chi connectivity index (χ4n) is 0.941. The smallest absolute Gasteiger partial charge is 0.341 e. The van der Waals surface area contributed by atoms with E-state index in [1.54, 1.807) is 22.6 Å². The van der Waals surface area contributed by atoms with Crippen LogP contribution in [0.2, 0.25) is 5.02 Å². The number of rotatable bonds is 2. The average Bonchev–Trinajstić information content (AvgIpc) is 2.20. The molecule has 1 aromatic heterocycles. The second kappa shape index (κ2) is 5.02. The van der Waals surface area contributed by atoms with Gasteiger partial charge in [-0.05, 0) is 22.6 Å². The van der Waals surface area contributed by atoms with Gasteiger partial charge in [0.15, 0.2) is 0 Å². The molecule has 1 heterocycles. The summed E-state index contributed by atoms with van der Waals surface area (Å²) in [6.07, 6.45) is -1.69. The van der Waals surface area contributed by atoms with Crippen molar-refractivity contribution in [2.75, 3.05) is 7.11 Å². The van der Waals surface area contributed by atoms with E-state index in [2.05, 4.69) is 9.72 Å². The van der Waals surface area contributed by atoms with E-state index in [1.165, 1.54) is 6.20 Å². The number of carbonyl (C=O) groups excluding carboxylic acids is 1. The highest BCUT2D eigenvalue weighted by molar-refractivity contribution is 14.1. The molecule has 1 rings (SSSR count). The molecule has 0 unspecified atom stereocenters. The van der Waals surface area contributed by atoms with Crippen molar-refractivity contribution in [3.63, 3.8) is 0 Å². The number of pyridine rings is 1. The predicted molar refractivity (Wildman–Crippen MR) is 58.3 cm³/mol. The van der Waals surface area contributed by atoms with E-state index in [0.717, 1.165) is 7.11 Å². The molecule has 0 aliphatic carbocycles. The summed E-state index contributed by atoms with van der Waals surface area (Å²) in [4.78, 5) is 14.7. The highest BCUT2D eigenvalue weighted by Crippen LogP contribution is 2.30. The van der Waals surface area contributed by atoms with Crippen molar-refractivity contribution in [3.05, 3.63) is 26.0 Å². The fourth-order valence-corrected chi connectivity index (χ4v) is 1.57. The van der Waals surface area contributed by atoms with Crippen LogP contribution in [0.15, 0.2) is 6.20 Å². The van der Waals surface area contributed by atoms with E-state index in [-0.39, 0.29) is 10.6 Å². The Kier molecular flexibility index (Phi) is 4.21. The molecular formula is C8H5ClF2INO2. The Morgan fingerprint density at radius 2 is 2.27 bits per heavy atom. The standard InChI is InChI=1S/C8H5ClF2INO2/c1-15-8(14)4-5(9)3(12)2-13-6(4)7(10)11/h2,7H,1H3. The molecule has 0 atom stereocenters. The minimum atomic E-state index is -2.87. The molecule has 0 radical (unpaired) electrons. The van der Waals surface area contributed by atoms with Gasteiger partial charge >= 0.3 is 5.97 Å². The van der Waals surface area contributed by atoms with Crippen molar-refractivity contribution >= 4 is 40.2 Å².